The fourth-order valence-electron chi connectivity index (χ4n) is 4.21. The molecule has 1 aliphatic carbocycles. The fraction of sp³-hybridized carbons (Fsp3) is 0.933. The monoisotopic (exact) mass is 266 g/mol. The number of carbonyl (C=O) groups is 1. The van der Waals surface area contributed by atoms with Crippen LogP contribution in [0.15, 0.2) is 0 Å². The molecule has 2 heterocycles. The molecule has 2 N–H and O–H groups in total. The normalized spacial score (nSPS) is 39.1. The maximum atomic E-state index is 12.6. The Kier molecular flexibility index (Phi) is 4.08. The van der Waals surface area contributed by atoms with E-state index in [1.165, 1.54) is 32.1 Å². The van der Waals surface area contributed by atoms with Crippen LogP contribution in [0.2, 0.25) is 0 Å². The van der Waals surface area contributed by atoms with Crippen LogP contribution < -0.4 is 5.32 Å². The van der Waals surface area contributed by atoms with Gasteiger partial charge in [0.2, 0.25) is 5.91 Å². The molecule has 2 saturated heterocycles. The lowest BCUT2D eigenvalue weighted by Crippen LogP contribution is -2.56. The van der Waals surface area contributed by atoms with Gasteiger partial charge in [-0.25, -0.2) is 0 Å². The van der Waals surface area contributed by atoms with Gasteiger partial charge in [0.1, 0.15) is 0 Å². The summed E-state index contributed by atoms with van der Waals surface area (Å²) in [6.45, 7) is 0.945. The van der Waals surface area contributed by atoms with E-state index in [0.29, 0.717) is 6.04 Å². The molecule has 0 aromatic heterocycles. The first kappa shape index (κ1) is 13.4. The van der Waals surface area contributed by atoms with Gasteiger partial charge in [-0.05, 0) is 44.4 Å². The Morgan fingerprint density at radius 2 is 1.95 bits per heavy atom. The van der Waals surface area contributed by atoms with Gasteiger partial charge in [-0.2, -0.15) is 0 Å². The molecule has 4 atom stereocenters. The van der Waals surface area contributed by atoms with Crippen LogP contribution in [0.4, 0.5) is 0 Å². The lowest BCUT2D eigenvalue weighted by Gasteiger charge is -2.41. The summed E-state index contributed by atoms with van der Waals surface area (Å²) in [7, 11) is 0. The van der Waals surface area contributed by atoms with Crippen LogP contribution in [0.25, 0.3) is 0 Å². The van der Waals surface area contributed by atoms with E-state index in [9.17, 15) is 9.90 Å². The zero-order valence-electron chi connectivity index (χ0n) is 11.7. The predicted octanol–water partition coefficient (Wildman–Crippen LogP) is 1.28. The molecule has 4 nitrogen and oxygen atoms in total. The van der Waals surface area contributed by atoms with Crippen molar-refractivity contribution in [2.45, 2.75) is 69.5 Å². The van der Waals surface area contributed by atoms with Crippen molar-refractivity contribution in [1.29, 1.82) is 0 Å². The molecule has 19 heavy (non-hydrogen) atoms. The van der Waals surface area contributed by atoms with E-state index in [-0.39, 0.29) is 24.6 Å². The third-order valence-electron chi connectivity index (χ3n) is 5.32. The summed E-state index contributed by atoms with van der Waals surface area (Å²) in [4.78, 5) is 14.5. The van der Waals surface area contributed by atoms with E-state index in [0.717, 1.165) is 31.7 Å². The van der Waals surface area contributed by atoms with E-state index in [2.05, 4.69) is 5.32 Å². The van der Waals surface area contributed by atoms with Gasteiger partial charge in [-0.1, -0.05) is 12.8 Å². The Balaban J connectivity index is 1.61. The molecular weight excluding hydrogens is 240 g/mol. The predicted molar refractivity (Wildman–Crippen MR) is 73.7 cm³/mol. The molecule has 108 valence electrons. The van der Waals surface area contributed by atoms with Crippen LogP contribution in [0.1, 0.15) is 51.4 Å². The van der Waals surface area contributed by atoms with E-state index in [1.54, 1.807) is 0 Å². The highest BCUT2D eigenvalue weighted by Crippen LogP contribution is 2.33. The molecule has 3 rings (SSSR count). The van der Waals surface area contributed by atoms with E-state index in [4.69, 9.17) is 0 Å². The average molecular weight is 266 g/mol. The summed E-state index contributed by atoms with van der Waals surface area (Å²) >= 11 is 0. The third kappa shape index (κ3) is 2.65. The molecule has 0 bridgehead atoms. The molecule has 0 spiro atoms. The van der Waals surface area contributed by atoms with E-state index < -0.39 is 0 Å². The molecule has 1 amide bonds. The molecule has 4 heteroatoms. The Bertz CT molecular complexity index is 334. The minimum atomic E-state index is 0.00602. The second kappa shape index (κ2) is 5.80. The summed E-state index contributed by atoms with van der Waals surface area (Å²) in [6.07, 6.45) is 9.41. The number of carbonyl (C=O) groups excluding carboxylic acids is 1. The third-order valence-corrected chi connectivity index (χ3v) is 5.32. The highest BCUT2D eigenvalue weighted by atomic mass is 16.3. The first-order valence-corrected chi connectivity index (χ1v) is 7.97. The summed E-state index contributed by atoms with van der Waals surface area (Å²) < 4.78 is 0. The number of piperidine rings is 1. The maximum absolute atomic E-state index is 12.6. The molecular formula is C15H26N2O2. The molecule has 2 aliphatic heterocycles. The van der Waals surface area contributed by atoms with Crippen molar-refractivity contribution in [3.05, 3.63) is 0 Å². The van der Waals surface area contributed by atoms with Crippen molar-refractivity contribution in [2.75, 3.05) is 13.2 Å². The van der Waals surface area contributed by atoms with Crippen molar-refractivity contribution in [2.24, 2.45) is 5.92 Å². The number of aliphatic hydroxyl groups is 1. The lowest BCUT2D eigenvalue weighted by atomic mass is 9.77. The van der Waals surface area contributed by atoms with Crippen LogP contribution in [0, 0.1) is 5.92 Å². The first-order chi connectivity index (χ1) is 9.29. The Hall–Kier alpha value is -0.610. The zero-order valence-corrected chi connectivity index (χ0v) is 11.7. The average Bonchev–Trinajstić information content (AvgIpc) is 2.94. The van der Waals surface area contributed by atoms with Crippen molar-refractivity contribution in [3.8, 4) is 0 Å². The van der Waals surface area contributed by atoms with E-state index >= 15 is 0 Å². The second-order valence-corrected chi connectivity index (χ2v) is 6.46. The fourth-order valence-corrected chi connectivity index (χ4v) is 4.21. The summed E-state index contributed by atoms with van der Waals surface area (Å²) in [5, 5.41) is 13.0. The summed E-state index contributed by atoms with van der Waals surface area (Å²) in [5.74, 6) is 1.03. The Morgan fingerprint density at radius 3 is 2.79 bits per heavy atom. The number of likely N-dealkylation sites (tertiary alicyclic amines) is 1. The van der Waals surface area contributed by atoms with Crippen LogP contribution >= 0.6 is 0 Å². The molecule has 0 radical (unpaired) electrons. The molecule has 0 aromatic carbocycles. The number of rotatable bonds is 2. The molecule has 1 saturated carbocycles. The van der Waals surface area contributed by atoms with Gasteiger partial charge in [0.05, 0.1) is 18.7 Å². The second-order valence-electron chi connectivity index (χ2n) is 6.46. The zero-order chi connectivity index (χ0) is 13.2. The van der Waals surface area contributed by atoms with Crippen molar-refractivity contribution >= 4 is 5.91 Å². The largest absolute Gasteiger partial charge is 0.394 e. The summed E-state index contributed by atoms with van der Waals surface area (Å²) in [5.41, 5.74) is 0. The van der Waals surface area contributed by atoms with E-state index in [1.807, 2.05) is 4.90 Å². The number of fused-ring (bicyclic) bond motifs is 1. The quantitative estimate of drug-likeness (QED) is 0.791. The highest BCUT2D eigenvalue weighted by Gasteiger charge is 2.38. The van der Waals surface area contributed by atoms with Crippen LogP contribution in [-0.2, 0) is 4.79 Å². The number of nitrogens with one attached hydrogen (secondary N) is 1. The van der Waals surface area contributed by atoms with Gasteiger partial charge in [-0.3, -0.25) is 4.79 Å². The smallest absolute Gasteiger partial charge is 0.240 e. The maximum Gasteiger partial charge on any atom is 0.240 e. The van der Waals surface area contributed by atoms with Crippen molar-refractivity contribution in [3.63, 3.8) is 0 Å². The summed E-state index contributed by atoms with van der Waals surface area (Å²) in [6, 6.07) is 0.636. The number of nitrogens with zero attached hydrogens (tertiary/aromatic N) is 1. The molecule has 3 aliphatic rings. The van der Waals surface area contributed by atoms with Crippen LogP contribution in [0.3, 0.4) is 0 Å². The number of hydrogen-bond acceptors (Lipinski definition) is 3. The minimum absolute atomic E-state index is 0.00602. The number of amides is 1. The lowest BCUT2D eigenvalue weighted by molar-refractivity contribution is -0.136. The van der Waals surface area contributed by atoms with Crippen LogP contribution in [-0.4, -0.2) is 47.2 Å². The van der Waals surface area contributed by atoms with Crippen molar-refractivity contribution < 1.29 is 9.90 Å². The molecule has 3 fully saturated rings. The Morgan fingerprint density at radius 1 is 1.11 bits per heavy atom. The first-order valence-electron chi connectivity index (χ1n) is 7.97. The minimum Gasteiger partial charge on any atom is -0.394 e. The number of aliphatic hydroxyl groups excluding tert-OH is 1. The Labute approximate surface area is 115 Å². The molecule has 0 aromatic rings. The number of hydrogen-bond donors (Lipinski definition) is 2. The SMILES string of the molecule is O=C(C1CCC2CCCCC2N1)N1CCC[C@H]1CO. The van der Waals surface area contributed by atoms with Gasteiger partial charge >= 0.3 is 0 Å². The topological polar surface area (TPSA) is 52.6 Å². The van der Waals surface area contributed by atoms with Gasteiger partial charge < -0.3 is 15.3 Å². The molecule has 3 unspecified atom stereocenters. The van der Waals surface area contributed by atoms with Gasteiger partial charge in [-0.15, -0.1) is 0 Å². The van der Waals surface area contributed by atoms with Gasteiger partial charge in [0.15, 0.2) is 0 Å². The van der Waals surface area contributed by atoms with Crippen LogP contribution in [0.5, 0.6) is 0 Å². The highest BCUT2D eigenvalue weighted by molar-refractivity contribution is 5.82. The standard InChI is InChI=1S/C15H26N2O2/c18-10-12-5-3-9-17(12)15(19)14-8-7-11-4-1-2-6-13(11)16-14/h11-14,16,18H,1-10H2/t11?,12-,13?,14?/m0/s1. The van der Waals surface area contributed by atoms with Gasteiger partial charge in [0, 0.05) is 12.6 Å². The van der Waals surface area contributed by atoms with Crippen molar-refractivity contribution in [1.82, 2.24) is 10.2 Å². The van der Waals surface area contributed by atoms with Gasteiger partial charge in [0.25, 0.3) is 0 Å².